The molecule has 0 spiro atoms. The number of halogens is 5. The molecular weight excluding hydrogens is 519 g/mol. The Kier molecular flexibility index (Phi) is 8.03. The molecule has 0 atom stereocenters. The fourth-order valence-corrected chi connectivity index (χ4v) is 2.67. The second-order valence-corrected chi connectivity index (χ2v) is 6.70. The summed E-state index contributed by atoms with van der Waals surface area (Å²) in [6, 6.07) is 11.6. The Morgan fingerprint density at radius 3 is 2.30 bits per heavy atom. The highest BCUT2D eigenvalue weighted by Gasteiger charge is 2.38. The van der Waals surface area contributed by atoms with E-state index in [1.807, 2.05) is 22.6 Å². The molecule has 0 bridgehead atoms. The molecule has 0 aromatic heterocycles. The van der Waals surface area contributed by atoms with E-state index in [9.17, 15) is 27.2 Å². The number of hydrogen-bond acceptors (Lipinski definition) is 3. The molecule has 2 aromatic rings. The third kappa shape index (κ3) is 6.61. The lowest BCUT2D eigenvalue weighted by molar-refractivity contribution is -0.174. The zero-order valence-corrected chi connectivity index (χ0v) is 17.6. The number of nitrogens with one attached hydrogen (secondary N) is 3. The van der Waals surface area contributed by atoms with Crippen molar-refractivity contribution in [3.63, 3.8) is 0 Å². The molecule has 0 saturated heterocycles. The monoisotopic (exact) mass is 536 g/mol. The van der Waals surface area contributed by atoms with Crippen LogP contribution in [0, 0.1) is 5.82 Å². The zero-order chi connectivity index (χ0) is 22.3. The van der Waals surface area contributed by atoms with Crippen LogP contribution in [-0.4, -0.2) is 22.7 Å². The number of carbonyl (C=O) groups excluding carboxylic acids is 2. The van der Waals surface area contributed by atoms with Gasteiger partial charge in [-0.15, -0.1) is 0 Å². The molecule has 11 heteroatoms. The lowest BCUT2D eigenvalue weighted by atomic mass is 10.1. The summed E-state index contributed by atoms with van der Waals surface area (Å²) in [7, 11) is 0. The van der Waals surface area contributed by atoms with Crippen molar-refractivity contribution in [1.29, 1.82) is 0 Å². The standard InChI is InChI=1S/C19H17F4IN4O2/c1-12(26-27-17(29)19(21,22)23)14-7-5-13(6-8-14)10-28(18(30)25-11-24)16-4-2-3-15(20)9-16/h2-9,26H,1,10-11H2,(H,25,30)(H,27,29). The molecule has 0 fully saturated rings. The number of amides is 3. The highest BCUT2D eigenvalue weighted by atomic mass is 127. The Balaban J connectivity index is 2.10. The van der Waals surface area contributed by atoms with Gasteiger partial charge in [0.15, 0.2) is 0 Å². The fourth-order valence-electron chi connectivity index (χ4n) is 2.35. The van der Waals surface area contributed by atoms with Gasteiger partial charge in [0.25, 0.3) is 0 Å². The number of rotatable bonds is 7. The second kappa shape index (κ2) is 10.3. The fraction of sp³-hybridized carbons (Fsp3) is 0.158. The summed E-state index contributed by atoms with van der Waals surface area (Å²) in [6.45, 7) is 3.69. The summed E-state index contributed by atoms with van der Waals surface area (Å²) in [6.07, 6.45) is -5.02. The topological polar surface area (TPSA) is 73.5 Å². The van der Waals surface area contributed by atoms with E-state index >= 15 is 0 Å². The van der Waals surface area contributed by atoms with Gasteiger partial charge in [0.2, 0.25) is 0 Å². The first-order valence-electron chi connectivity index (χ1n) is 8.40. The minimum atomic E-state index is -5.02. The first kappa shape index (κ1) is 23.4. The van der Waals surface area contributed by atoms with Gasteiger partial charge in [-0.3, -0.25) is 20.5 Å². The van der Waals surface area contributed by atoms with Crippen molar-refractivity contribution < 1.29 is 27.2 Å². The quantitative estimate of drug-likeness (QED) is 0.164. The Morgan fingerprint density at radius 2 is 1.73 bits per heavy atom. The Morgan fingerprint density at radius 1 is 1.07 bits per heavy atom. The minimum Gasteiger partial charge on any atom is -0.329 e. The van der Waals surface area contributed by atoms with Gasteiger partial charge in [-0.25, -0.2) is 9.18 Å². The van der Waals surface area contributed by atoms with Crippen LogP contribution >= 0.6 is 22.6 Å². The van der Waals surface area contributed by atoms with Gasteiger partial charge in [-0.2, -0.15) is 13.2 Å². The second-order valence-electron chi connectivity index (χ2n) is 5.93. The van der Waals surface area contributed by atoms with Gasteiger partial charge >= 0.3 is 18.1 Å². The van der Waals surface area contributed by atoms with Crippen molar-refractivity contribution in [3.8, 4) is 0 Å². The van der Waals surface area contributed by atoms with Crippen LogP contribution < -0.4 is 21.1 Å². The normalized spacial score (nSPS) is 10.8. The van der Waals surface area contributed by atoms with Crippen LogP contribution in [0.25, 0.3) is 5.70 Å². The van der Waals surface area contributed by atoms with Crippen LogP contribution in [0.5, 0.6) is 0 Å². The third-order valence-corrected chi connectivity index (χ3v) is 4.19. The summed E-state index contributed by atoms with van der Waals surface area (Å²) in [5.41, 5.74) is 5.13. The maximum absolute atomic E-state index is 13.6. The van der Waals surface area contributed by atoms with Crippen molar-refractivity contribution in [2.24, 2.45) is 0 Å². The van der Waals surface area contributed by atoms with Crippen LogP contribution in [0.1, 0.15) is 11.1 Å². The molecule has 2 rings (SSSR count). The highest BCUT2D eigenvalue weighted by Crippen LogP contribution is 2.20. The van der Waals surface area contributed by atoms with E-state index in [1.165, 1.54) is 28.5 Å². The highest BCUT2D eigenvalue weighted by molar-refractivity contribution is 14.1. The van der Waals surface area contributed by atoms with Crippen LogP contribution in [0.4, 0.5) is 28.0 Å². The van der Waals surface area contributed by atoms with E-state index < -0.39 is 23.9 Å². The van der Waals surface area contributed by atoms with E-state index in [4.69, 9.17) is 0 Å². The Labute approximate surface area is 183 Å². The average molecular weight is 536 g/mol. The number of carbonyl (C=O) groups is 2. The predicted octanol–water partition coefficient (Wildman–Crippen LogP) is 4.09. The van der Waals surface area contributed by atoms with Crippen molar-refractivity contribution in [2.75, 3.05) is 9.45 Å². The summed E-state index contributed by atoms with van der Waals surface area (Å²) in [5.74, 6) is -2.63. The molecule has 0 saturated carbocycles. The summed E-state index contributed by atoms with van der Waals surface area (Å²) in [5, 5.41) is 2.65. The van der Waals surface area contributed by atoms with Crippen LogP contribution in [0.3, 0.4) is 0 Å². The molecule has 0 aliphatic carbocycles. The molecule has 30 heavy (non-hydrogen) atoms. The molecule has 0 radical (unpaired) electrons. The third-order valence-electron chi connectivity index (χ3n) is 3.81. The van der Waals surface area contributed by atoms with Crippen LogP contribution in [0.2, 0.25) is 0 Å². The maximum atomic E-state index is 13.6. The first-order valence-corrected chi connectivity index (χ1v) is 9.92. The number of alkyl halides is 4. The summed E-state index contributed by atoms with van der Waals surface area (Å²) < 4.78 is 50.6. The lowest BCUT2D eigenvalue weighted by Gasteiger charge is -2.23. The predicted molar refractivity (Wildman–Crippen MR) is 113 cm³/mol. The number of nitrogens with zero attached hydrogens (tertiary/aromatic N) is 1. The van der Waals surface area contributed by atoms with Crippen LogP contribution in [0.15, 0.2) is 55.1 Å². The van der Waals surface area contributed by atoms with Gasteiger partial charge in [0.05, 0.1) is 16.8 Å². The first-order chi connectivity index (χ1) is 14.1. The molecule has 2 aromatic carbocycles. The van der Waals surface area contributed by atoms with Crippen molar-refractivity contribution in [1.82, 2.24) is 16.2 Å². The van der Waals surface area contributed by atoms with Crippen molar-refractivity contribution in [3.05, 3.63) is 72.1 Å². The largest absolute Gasteiger partial charge is 0.472 e. The van der Waals surface area contributed by atoms with Crippen LogP contribution in [-0.2, 0) is 11.3 Å². The smallest absolute Gasteiger partial charge is 0.329 e. The maximum Gasteiger partial charge on any atom is 0.472 e. The minimum absolute atomic E-state index is 0.0452. The zero-order valence-electron chi connectivity index (χ0n) is 15.4. The van der Waals surface area contributed by atoms with Crippen molar-refractivity contribution in [2.45, 2.75) is 12.7 Å². The molecule has 3 amide bonds. The van der Waals surface area contributed by atoms with E-state index in [2.05, 4.69) is 17.3 Å². The molecule has 0 heterocycles. The summed E-state index contributed by atoms with van der Waals surface area (Å²) >= 11 is 1.97. The molecular formula is C19H17F4IN4O2. The SMILES string of the molecule is C=C(NNC(=O)C(F)(F)F)c1ccc(CN(C(=O)NCI)c2cccc(F)c2)cc1. The Hall–Kier alpha value is -2.83. The molecule has 6 nitrogen and oxygen atoms in total. The molecule has 0 aliphatic heterocycles. The van der Waals surface area contributed by atoms with E-state index in [1.54, 1.807) is 30.3 Å². The van der Waals surface area contributed by atoms with Gasteiger partial charge < -0.3 is 5.32 Å². The molecule has 0 unspecified atom stereocenters. The van der Waals surface area contributed by atoms with E-state index in [0.29, 0.717) is 21.4 Å². The number of benzene rings is 2. The van der Waals surface area contributed by atoms with Gasteiger partial charge in [-0.1, -0.05) is 59.5 Å². The van der Waals surface area contributed by atoms with Gasteiger partial charge in [-0.05, 0) is 29.3 Å². The van der Waals surface area contributed by atoms with Crippen molar-refractivity contribution >= 4 is 45.9 Å². The number of hydrogen-bond donors (Lipinski definition) is 3. The molecule has 0 aliphatic rings. The van der Waals surface area contributed by atoms with Gasteiger partial charge in [0, 0.05) is 5.69 Å². The number of urea groups is 1. The van der Waals surface area contributed by atoms with E-state index in [0.717, 1.165) is 0 Å². The number of hydrazine groups is 1. The molecule has 160 valence electrons. The Bertz CT molecular complexity index is 919. The molecule has 3 N–H and O–H groups in total. The summed E-state index contributed by atoms with van der Waals surface area (Å²) in [4.78, 5) is 24.6. The lowest BCUT2D eigenvalue weighted by Crippen LogP contribution is -2.44. The average Bonchev–Trinajstić information content (AvgIpc) is 2.69. The van der Waals surface area contributed by atoms with Gasteiger partial charge in [0.1, 0.15) is 5.82 Å². The number of anilines is 1. The van der Waals surface area contributed by atoms with E-state index in [-0.39, 0.29) is 12.2 Å².